The monoisotopic (exact) mass is 895 g/mol. The van der Waals surface area contributed by atoms with Crippen molar-refractivity contribution in [3.8, 4) is 0 Å². The van der Waals surface area contributed by atoms with Crippen LogP contribution in [0.2, 0.25) is 0 Å². The zero-order valence-corrected chi connectivity index (χ0v) is 42.8. The van der Waals surface area contributed by atoms with Gasteiger partial charge in [-0.2, -0.15) is 0 Å². The van der Waals surface area contributed by atoms with Crippen LogP contribution in [0.15, 0.2) is 106 Å². The van der Waals surface area contributed by atoms with Crippen LogP contribution < -0.4 is 26.4 Å². The third-order valence-electron chi connectivity index (χ3n) is 18.5. The highest BCUT2D eigenvalue weighted by molar-refractivity contribution is 7.00. The Morgan fingerprint density at radius 3 is 1.63 bits per heavy atom. The third kappa shape index (κ3) is 5.68. The quantitative estimate of drug-likeness (QED) is 0.162. The molecule has 344 valence electrons. The van der Waals surface area contributed by atoms with E-state index in [1.807, 2.05) is 0 Å². The lowest BCUT2D eigenvalue weighted by Crippen LogP contribution is -2.61. The van der Waals surface area contributed by atoms with E-state index >= 15 is 0 Å². The van der Waals surface area contributed by atoms with E-state index in [0.717, 1.165) is 71.0 Å². The second-order valence-corrected chi connectivity index (χ2v) is 25.8. The van der Waals surface area contributed by atoms with E-state index in [-0.39, 0.29) is 39.2 Å². The number of furan rings is 2. The fraction of sp³-hybridized carbons (Fsp3) is 0.397. The van der Waals surface area contributed by atoms with Crippen LogP contribution in [0.25, 0.3) is 32.9 Å². The maximum Gasteiger partial charge on any atom is 0.297 e. The topological polar surface area (TPSA) is 32.8 Å². The first-order valence-corrected chi connectivity index (χ1v) is 25.7. The van der Waals surface area contributed by atoms with E-state index in [1.165, 1.54) is 90.1 Å². The average Bonchev–Trinajstić information content (AvgIpc) is 3.86. The largest absolute Gasteiger partial charge is 0.468 e. The third-order valence-corrected chi connectivity index (χ3v) is 18.5. The first-order valence-electron chi connectivity index (χ1n) is 25.7. The van der Waals surface area contributed by atoms with Crippen molar-refractivity contribution in [3.05, 3.63) is 136 Å². The Labute approximate surface area is 404 Å². The van der Waals surface area contributed by atoms with Gasteiger partial charge in [0.15, 0.2) is 5.58 Å². The van der Waals surface area contributed by atoms with E-state index in [0.29, 0.717) is 0 Å². The van der Waals surface area contributed by atoms with Gasteiger partial charge < -0.3 is 18.6 Å². The molecule has 0 spiro atoms. The molecule has 0 unspecified atom stereocenters. The molecule has 68 heavy (non-hydrogen) atoms. The van der Waals surface area contributed by atoms with Crippen molar-refractivity contribution in [2.75, 3.05) is 9.80 Å². The van der Waals surface area contributed by atoms with Crippen molar-refractivity contribution in [2.45, 2.75) is 161 Å². The number of aryl methyl sites for hydroxylation is 1. The average molecular weight is 895 g/mol. The summed E-state index contributed by atoms with van der Waals surface area (Å²) in [4.78, 5) is 5.21. The molecule has 0 atom stereocenters. The second kappa shape index (κ2) is 13.3. The smallest absolute Gasteiger partial charge is 0.297 e. The summed E-state index contributed by atoms with van der Waals surface area (Å²) in [6, 6.07) is 37.8. The number of hydrogen-bond acceptors (Lipinski definition) is 4. The minimum atomic E-state index is -0.141. The van der Waals surface area contributed by atoms with E-state index in [1.54, 1.807) is 0 Å². The molecule has 0 saturated carbocycles. The molecule has 0 radical (unpaired) electrons. The summed E-state index contributed by atoms with van der Waals surface area (Å²) < 4.78 is 14.7. The van der Waals surface area contributed by atoms with Crippen molar-refractivity contribution >= 4 is 90.3 Å². The Kier molecular flexibility index (Phi) is 8.33. The van der Waals surface area contributed by atoms with Crippen molar-refractivity contribution in [2.24, 2.45) is 0 Å². The SMILES string of the molecule is Cc1cc2c3c(c1)N(c1cccc4c1oc1ccccc14)c1cc4c(cc1B3c1oc3cc5c(cc3c1N2c1ccc2c(c1)C(C)(C)CCC2(C)C)C(C)(C)CCC5(C)C)C(C)(C)CCC4(C)C. The molecular formula is C63H67BN2O2. The van der Waals surface area contributed by atoms with Crippen molar-refractivity contribution in [1.82, 2.24) is 0 Å². The predicted molar refractivity (Wildman–Crippen MR) is 288 cm³/mol. The fourth-order valence-electron chi connectivity index (χ4n) is 13.9. The lowest BCUT2D eigenvalue weighted by atomic mass is 9.35. The summed E-state index contributed by atoms with van der Waals surface area (Å²) in [5, 5.41) is 3.49. The standard InChI is InChI=1S/C63H67BN2O2/c1-36-29-50-54-51(30-36)66(48-19-16-18-39-38-17-14-15-20-52(38)67-56(39)48)49-34-45-44(61(8,9)26-27-62(45,10)11)33-47(49)64(54)57-55(40-32-43-46(35-53(40)68-57)63(12,13)28-25-60(43,6)7)65(50)37-21-22-41-42(31-37)59(4,5)24-23-58(41,2)3/h14-22,29-35H,23-28H2,1-13H3. The van der Waals surface area contributed by atoms with Gasteiger partial charge in [-0.25, -0.2) is 0 Å². The second-order valence-electron chi connectivity index (χ2n) is 25.8. The van der Waals surface area contributed by atoms with Crippen LogP contribution in [-0.4, -0.2) is 6.71 Å². The first-order chi connectivity index (χ1) is 32.1. The molecule has 3 aliphatic carbocycles. The zero-order valence-electron chi connectivity index (χ0n) is 42.8. The van der Waals surface area contributed by atoms with Crippen LogP contribution in [0.4, 0.5) is 34.1 Å². The highest BCUT2D eigenvalue weighted by Crippen LogP contribution is 2.55. The maximum absolute atomic E-state index is 7.70. The van der Waals surface area contributed by atoms with Gasteiger partial charge in [-0.3, -0.25) is 0 Å². The normalized spacial score (nSPS) is 20.7. The van der Waals surface area contributed by atoms with Gasteiger partial charge in [0.1, 0.15) is 11.2 Å². The molecule has 2 aliphatic heterocycles. The fourth-order valence-corrected chi connectivity index (χ4v) is 13.9. The zero-order chi connectivity index (χ0) is 47.4. The highest BCUT2D eigenvalue weighted by Gasteiger charge is 2.50. The summed E-state index contributed by atoms with van der Waals surface area (Å²) in [5.74, 6) is 0. The van der Waals surface area contributed by atoms with Gasteiger partial charge in [-0.15, -0.1) is 0 Å². The molecule has 4 heterocycles. The Morgan fingerprint density at radius 2 is 0.971 bits per heavy atom. The maximum atomic E-state index is 7.70. The van der Waals surface area contributed by atoms with Crippen LogP contribution in [0.3, 0.4) is 0 Å². The molecule has 13 rings (SSSR count). The summed E-state index contributed by atoms with van der Waals surface area (Å²) in [7, 11) is 0. The molecule has 4 nitrogen and oxygen atoms in total. The minimum absolute atomic E-state index is 0.0102. The number of anilines is 6. The van der Waals surface area contributed by atoms with Crippen LogP contribution in [0.1, 0.15) is 161 Å². The molecular weight excluding hydrogens is 828 g/mol. The van der Waals surface area contributed by atoms with Crippen molar-refractivity contribution in [1.29, 1.82) is 0 Å². The van der Waals surface area contributed by atoms with Crippen LogP contribution in [0, 0.1) is 6.92 Å². The van der Waals surface area contributed by atoms with E-state index in [4.69, 9.17) is 8.83 Å². The van der Waals surface area contributed by atoms with Gasteiger partial charge in [0, 0.05) is 38.9 Å². The van der Waals surface area contributed by atoms with Gasteiger partial charge in [0.2, 0.25) is 0 Å². The number of fused-ring (bicyclic) bond motifs is 12. The van der Waals surface area contributed by atoms with Crippen LogP contribution >= 0.6 is 0 Å². The number of rotatable bonds is 2. The van der Waals surface area contributed by atoms with Gasteiger partial charge in [-0.1, -0.05) is 126 Å². The highest BCUT2D eigenvalue weighted by atomic mass is 16.3. The van der Waals surface area contributed by atoms with Gasteiger partial charge in [-0.05, 0) is 182 Å². The first kappa shape index (κ1) is 42.4. The molecule has 0 bridgehead atoms. The van der Waals surface area contributed by atoms with E-state index in [2.05, 4.69) is 197 Å². The summed E-state index contributed by atoms with van der Waals surface area (Å²) in [6.45, 7) is 31.6. The van der Waals surface area contributed by atoms with Crippen LogP contribution in [-0.2, 0) is 32.5 Å². The van der Waals surface area contributed by atoms with Crippen molar-refractivity contribution < 1.29 is 8.83 Å². The summed E-state index contributed by atoms with van der Waals surface area (Å²) >= 11 is 0. The molecule has 5 aliphatic rings. The Balaban J connectivity index is 1.18. The molecule has 8 aromatic rings. The molecule has 0 fully saturated rings. The van der Waals surface area contributed by atoms with Crippen LogP contribution in [0.5, 0.6) is 0 Å². The van der Waals surface area contributed by atoms with Gasteiger partial charge in [0.25, 0.3) is 6.71 Å². The number of benzene rings is 6. The van der Waals surface area contributed by atoms with E-state index in [9.17, 15) is 0 Å². The molecule has 2 aromatic heterocycles. The summed E-state index contributed by atoms with van der Waals surface area (Å²) in [5.41, 5.74) is 23.8. The Hall–Kier alpha value is -5.68. The molecule has 5 heteroatoms. The lowest BCUT2D eigenvalue weighted by Gasteiger charge is -2.47. The van der Waals surface area contributed by atoms with Gasteiger partial charge in [0.05, 0.1) is 17.0 Å². The number of para-hydroxylation sites is 2. The molecule has 0 saturated heterocycles. The molecule has 0 amide bonds. The molecule has 6 aromatic carbocycles. The van der Waals surface area contributed by atoms with Crippen molar-refractivity contribution in [3.63, 3.8) is 0 Å². The Morgan fingerprint density at radius 1 is 0.426 bits per heavy atom. The predicted octanol–water partition coefficient (Wildman–Crippen LogP) is 15.8. The van der Waals surface area contributed by atoms with E-state index < -0.39 is 0 Å². The Bertz CT molecular complexity index is 3520. The molecule has 0 N–H and O–H groups in total. The van der Waals surface area contributed by atoms with Gasteiger partial charge >= 0.3 is 0 Å². The lowest BCUT2D eigenvalue weighted by molar-refractivity contribution is 0.332. The number of nitrogens with zero attached hydrogens (tertiary/aromatic N) is 2. The summed E-state index contributed by atoms with van der Waals surface area (Å²) in [6.07, 6.45) is 6.94. The number of hydrogen-bond donors (Lipinski definition) is 0. The minimum Gasteiger partial charge on any atom is -0.468 e.